The molecule has 1 aromatic rings. The molecule has 0 aliphatic rings. The number of rotatable bonds is 4. The fourth-order valence-corrected chi connectivity index (χ4v) is 1.90. The Morgan fingerprint density at radius 3 is 2.11 bits per heavy atom. The third-order valence-electron chi connectivity index (χ3n) is 3.03. The van der Waals surface area contributed by atoms with Gasteiger partial charge in [-0.3, -0.25) is 0 Å². The molecule has 1 radical (unpaired) electrons. The van der Waals surface area contributed by atoms with Crippen LogP contribution in [0.4, 0.5) is 5.69 Å². The molecule has 103 valence electrons. The summed E-state index contributed by atoms with van der Waals surface area (Å²) in [6.07, 6.45) is 0.387. The Morgan fingerprint density at radius 1 is 1.16 bits per heavy atom. The Labute approximate surface area is 128 Å². The average Bonchev–Trinajstić information content (AvgIpc) is 2.38. The molecule has 0 saturated heterocycles. The number of nitrogens with zero attached hydrogens (tertiary/aromatic N) is 3. The van der Waals surface area contributed by atoms with Gasteiger partial charge in [-0.25, -0.2) is 0 Å². The minimum Gasteiger partial charge on any atom is -0.385 e. The average molecular weight is 343 g/mol. The fourth-order valence-electron chi connectivity index (χ4n) is 1.90. The second-order valence-corrected chi connectivity index (χ2v) is 5.21. The van der Waals surface area contributed by atoms with Gasteiger partial charge in [0.05, 0.1) is 17.6 Å². The van der Waals surface area contributed by atoms with Crippen molar-refractivity contribution in [2.24, 2.45) is 5.41 Å². The van der Waals surface area contributed by atoms with E-state index in [4.69, 9.17) is 5.26 Å². The summed E-state index contributed by atoms with van der Waals surface area (Å²) >= 11 is 0. The molecule has 1 aromatic carbocycles. The zero-order valence-corrected chi connectivity index (χ0v) is 13.1. The van der Waals surface area contributed by atoms with Crippen molar-refractivity contribution >= 4 is 5.69 Å². The predicted octanol–water partition coefficient (Wildman–Crippen LogP) is 3.16. The molecule has 4 heteroatoms. The molecule has 19 heavy (non-hydrogen) atoms. The fraction of sp³-hybridized carbons (Fsp3) is 0.400. The van der Waals surface area contributed by atoms with E-state index < -0.39 is 11.0 Å². The molecule has 1 atom stereocenters. The van der Waals surface area contributed by atoms with Crippen molar-refractivity contribution in [3.63, 3.8) is 0 Å². The van der Waals surface area contributed by atoms with Gasteiger partial charge in [-0.15, -0.1) is 0 Å². The number of benzene rings is 1. The van der Waals surface area contributed by atoms with Crippen LogP contribution in [0.2, 0.25) is 0 Å². The number of hydrogen-bond acceptors (Lipinski definition) is 3. The standard InChI is InChI=1S/C15H18N3.Rh/c1-14(2,11-16)10-15(3,12-17)18(4)13-8-6-5-7-9-13;/h5-9H,3,10H2,1-2,4H3;/q-1;. The van der Waals surface area contributed by atoms with Crippen molar-refractivity contribution in [2.75, 3.05) is 11.9 Å². The molecule has 0 aliphatic carbocycles. The van der Waals surface area contributed by atoms with Crippen LogP contribution in [-0.2, 0) is 19.5 Å². The van der Waals surface area contributed by atoms with Gasteiger partial charge in [0, 0.05) is 37.8 Å². The summed E-state index contributed by atoms with van der Waals surface area (Å²) in [6.45, 7) is 7.66. The molecule has 0 aromatic heterocycles. The maximum atomic E-state index is 9.41. The van der Waals surface area contributed by atoms with Gasteiger partial charge in [-0.1, -0.05) is 18.2 Å². The van der Waals surface area contributed by atoms with E-state index in [1.54, 1.807) is 0 Å². The van der Waals surface area contributed by atoms with Gasteiger partial charge in [0.25, 0.3) is 0 Å². The molecular weight excluding hydrogens is 325 g/mol. The summed E-state index contributed by atoms with van der Waals surface area (Å²) in [6, 6.07) is 14.1. The van der Waals surface area contributed by atoms with Crippen LogP contribution in [0.25, 0.3) is 0 Å². The van der Waals surface area contributed by atoms with Crippen molar-refractivity contribution in [2.45, 2.75) is 25.8 Å². The van der Waals surface area contributed by atoms with Gasteiger partial charge < -0.3 is 11.8 Å². The molecule has 0 heterocycles. The maximum Gasteiger partial charge on any atom is 0.0684 e. The van der Waals surface area contributed by atoms with Crippen LogP contribution in [-0.4, -0.2) is 12.6 Å². The summed E-state index contributed by atoms with van der Waals surface area (Å²) in [5.74, 6) is 0. The van der Waals surface area contributed by atoms with Crippen molar-refractivity contribution in [1.82, 2.24) is 0 Å². The van der Waals surface area contributed by atoms with E-state index in [2.05, 4.69) is 19.1 Å². The van der Waals surface area contributed by atoms with Gasteiger partial charge in [-0.2, -0.15) is 10.5 Å². The smallest absolute Gasteiger partial charge is 0.0684 e. The summed E-state index contributed by atoms with van der Waals surface area (Å²) in [7, 11) is 1.83. The Balaban J connectivity index is 0.00000324. The number of hydrogen-bond donors (Lipinski definition) is 0. The molecule has 3 nitrogen and oxygen atoms in total. The van der Waals surface area contributed by atoms with Crippen molar-refractivity contribution in [3.8, 4) is 12.1 Å². The van der Waals surface area contributed by atoms with Gasteiger partial charge in [-0.05, 0) is 32.4 Å². The first kappa shape index (κ1) is 17.6. The van der Waals surface area contributed by atoms with E-state index in [0.29, 0.717) is 6.42 Å². The quantitative estimate of drug-likeness (QED) is 0.623. The van der Waals surface area contributed by atoms with Crippen molar-refractivity contribution < 1.29 is 19.5 Å². The zero-order valence-electron chi connectivity index (χ0n) is 11.5. The summed E-state index contributed by atoms with van der Waals surface area (Å²) in [5, 5.41) is 18.5. The van der Waals surface area contributed by atoms with Crippen LogP contribution < -0.4 is 4.90 Å². The molecule has 0 aliphatic heterocycles. The van der Waals surface area contributed by atoms with E-state index in [0.717, 1.165) is 5.69 Å². The van der Waals surface area contributed by atoms with Gasteiger partial charge in [0.15, 0.2) is 0 Å². The zero-order chi connectivity index (χ0) is 13.8. The van der Waals surface area contributed by atoms with Gasteiger partial charge in [0.2, 0.25) is 0 Å². The topological polar surface area (TPSA) is 50.8 Å². The summed E-state index contributed by atoms with van der Waals surface area (Å²) in [5.41, 5.74) is -0.607. The van der Waals surface area contributed by atoms with E-state index in [1.165, 1.54) is 0 Å². The molecular formula is C15H18N3Rh-. The maximum absolute atomic E-state index is 9.41. The first-order valence-electron chi connectivity index (χ1n) is 5.81. The number of anilines is 1. The molecule has 0 spiro atoms. The van der Waals surface area contributed by atoms with E-state index in [1.807, 2.05) is 56.1 Å². The molecule has 1 unspecified atom stereocenters. The molecule has 1 rings (SSSR count). The predicted molar refractivity (Wildman–Crippen MR) is 72.6 cm³/mol. The van der Waals surface area contributed by atoms with E-state index in [-0.39, 0.29) is 19.5 Å². The Hall–Kier alpha value is -1.38. The van der Waals surface area contributed by atoms with Crippen molar-refractivity contribution in [3.05, 3.63) is 37.3 Å². The van der Waals surface area contributed by atoms with Crippen LogP contribution >= 0.6 is 0 Å². The minimum absolute atomic E-state index is 0. The second-order valence-electron chi connectivity index (χ2n) is 5.21. The molecule has 0 fully saturated rings. The van der Waals surface area contributed by atoms with Crippen LogP contribution in [0.5, 0.6) is 0 Å². The Morgan fingerprint density at radius 2 is 1.68 bits per heavy atom. The molecule has 0 saturated carbocycles. The summed E-state index contributed by atoms with van der Waals surface area (Å²) in [4.78, 5) is 1.83. The van der Waals surface area contributed by atoms with E-state index >= 15 is 0 Å². The van der Waals surface area contributed by atoms with Gasteiger partial charge >= 0.3 is 0 Å². The molecule has 0 bridgehead atoms. The van der Waals surface area contributed by atoms with Crippen LogP contribution in [0.15, 0.2) is 30.3 Å². The Bertz CT molecular complexity index is 484. The first-order valence-corrected chi connectivity index (χ1v) is 5.81. The molecule has 0 amide bonds. The van der Waals surface area contributed by atoms with Crippen LogP contribution in [0.1, 0.15) is 20.3 Å². The van der Waals surface area contributed by atoms with Gasteiger partial charge in [0.1, 0.15) is 0 Å². The van der Waals surface area contributed by atoms with E-state index in [9.17, 15) is 5.26 Å². The normalized spacial score (nSPS) is 13.4. The first-order chi connectivity index (χ1) is 8.34. The SMILES string of the molecule is [CH2-]C(C#N)(CC(C)(C)C#N)N(C)c1ccccc1.[Rh]. The van der Waals surface area contributed by atoms with Crippen LogP contribution in [0.3, 0.4) is 0 Å². The second kappa shape index (κ2) is 6.69. The number of nitriles is 2. The van der Waals surface area contributed by atoms with Crippen molar-refractivity contribution in [1.29, 1.82) is 10.5 Å². The number of para-hydroxylation sites is 1. The minimum atomic E-state index is -0.944. The summed E-state index contributed by atoms with van der Waals surface area (Å²) < 4.78 is 0. The third kappa shape index (κ3) is 4.34. The van der Waals surface area contributed by atoms with Crippen LogP contribution in [0, 0.1) is 35.0 Å². The molecule has 0 N–H and O–H groups in total. The Kier molecular flexibility index (Phi) is 6.21. The third-order valence-corrected chi connectivity index (χ3v) is 3.03. The largest absolute Gasteiger partial charge is 0.385 e. The monoisotopic (exact) mass is 343 g/mol.